The summed E-state index contributed by atoms with van der Waals surface area (Å²) in [4.78, 5) is 25.4. The number of anilines is 1. The molecule has 0 bridgehead atoms. The molecule has 2 aromatic heterocycles. The average Bonchev–Trinajstić information content (AvgIpc) is 2.32. The van der Waals surface area contributed by atoms with Crippen molar-refractivity contribution in [1.82, 2.24) is 19.3 Å². The summed E-state index contributed by atoms with van der Waals surface area (Å²) < 4.78 is 2.37. The summed E-state index contributed by atoms with van der Waals surface area (Å²) in [5.74, 6) is 0.577. The maximum absolute atomic E-state index is 11.9. The highest BCUT2D eigenvalue weighted by Crippen LogP contribution is 2.10. The molecule has 0 N–H and O–H groups in total. The van der Waals surface area contributed by atoms with Gasteiger partial charge in [-0.2, -0.15) is 0 Å². The second kappa shape index (κ2) is 3.69. The van der Waals surface area contributed by atoms with Crippen LogP contribution in [0.3, 0.4) is 0 Å². The Hall–Kier alpha value is -2.18. The van der Waals surface area contributed by atoms with E-state index in [1.165, 1.54) is 11.6 Å². The lowest BCUT2D eigenvalue weighted by Gasteiger charge is -2.11. The Kier molecular flexibility index (Phi) is 2.45. The van der Waals surface area contributed by atoms with Crippen LogP contribution >= 0.6 is 0 Å². The molecule has 0 radical (unpaired) electrons. The van der Waals surface area contributed by atoms with Crippen molar-refractivity contribution in [2.75, 3.05) is 19.0 Å². The first-order valence-electron chi connectivity index (χ1n) is 5.04. The minimum atomic E-state index is -0.408. The van der Waals surface area contributed by atoms with Crippen molar-refractivity contribution in [3.05, 3.63) is 26.9 Å². The van der Waals surface area contributed by atoms with Crippen molar-refractivity contribution in [2.45, 2.75) is 0 Å². The van der Waals surface area contributed by atoms with Gasteiger partial charge in [0.1, 0.15) is 0 Å². The van der Waals surface area contributed by atoms with Crippen molar-refractivity contribution in [3.63, 3.8) is 0 Å². The summed E-state index contributed by atoms with van der Waals surface area (Å²) >= 11 is 0. The molecule has 0 saturated heterocycles. The van der Waals surface area contributed by atoms with Gasteiger partial charge in [-0.15, -0.1) is 10.2 Å². The van der Waals surface area contributed by atoms with Crippen LogP contribution in [0.5, 0.6) is 0 Å². The van der Waals surface area contributed by atoms with E-state index in [1.807, 2.05) is 14.1 Å². The molecule has 2 aromatic rings. The first-order chi connectivity index (χ1) is 7.93. The predicted octanol–water partition coefficient (Wildman–Crippen LogP) is -0.907. The van der Waals surface area contributed by atoms with E-state index in [0.717, 1.165) is 4.57 Å². The Labute approximate surface area is 96.9 Å². The molecule has 0 fully saturated rings. The largest absolute Gasteiger partial charge is 0.361 e. The van der Waals surface area contributed by atoms with Gasteiger partial charge in [-0.05, 0) is 6.07 Å². The molecule has 0 aliphatic rings. The topological polar surface area (TPSA) is 73.0 Å². The maximum Gasteiger partial charge on any atom is 0.332 e. The van der Waals surface area contributed by atoms with Crippen molar-refractivity contribution in [1.29, 1.82) is 0 Å². The molecular formula is C10H13N5O2. The summed E-state index contributed by atoms with van der Waals surface area (Å²) in [6.45, 7) is 0. The summed E-state index contributed by atoms with van der Waals surface area (Å²) in [5.41, 5.74) is -0.473. The van der Waals surface area contributed by atoms with Gasteiger partial charge in [0.15, 0.2) is 11.5 Å². The van der Waals surface area contributed by atoms with Gasteiger partial charge in [0.2, 0.25) is 0 Å². The summed E-state index contributed by atoms with van der Waals surface area (Å²) in [6.07, 6.45) is 0. The van der Waals surface area contributed by atoms with Gasteiger partial charge in [-0.3, -0.25) is 13.9 Å². The van der Waals surface area contributed by atoms with Gasteiger partial charge in [0.25, 0.3) is 5.56 Å². The van der Waals surface area contributed by atoms with Crippen LogP contribution < -0.4 is 16.1 Å². The van der Waals surface area contributed by atoms with E-state index < -0.39 is 5.69 Å². The molecular weight excluding hydrogens is 222 g/mol. The minimum Gasteiger partial charge on any atom is -0.361 e. The highest BCUT2D eigenvalue weighted by Gasteiger charge is 2.11. The van der Waals surface area contributed by atoms with Crippen LogP contribution in [0.1, 0.15) is 0 Å². The molecule has 0 unspecified atom stereocenters. The summed E-state index contributed by atoms with van der Waals surface area (Å²) in [6, 6.07) is 1.63. The van der Waals surface area contributed by atoms with E-state index in [4.69, 9.17) is 0 Å². The normalized spacial score (nSPS) is 10.8. The van der Waals surface area contributed by atoms with Crippen molar-refractivity contribution in [2.24, 2.45) is 14.1 Å². The monoisotopic (exact) mass is 235 g/mol. The first-order valence-corrected chi connectivity index (χ1v) is 5.04. The fraction of sp³-hybridized carbons (Fsp3) is 0.400. The van der Waals surface area contributed by atoms with Crippen LogP contribution in [0.4, 0.5) is 5.82 Å². The molecule has 90 valence electrons. The molecule has 0 aromatic carbocycles. The fourth-order valence-electron chi connectivity index (χ4n) is 1.58. The zero-order valence-electron chi connectivity index (χ0n) is 10.1. The third kappa shape index (κ3) is 1.59. The maximum atomic E-state index is 11.9. The molecule has 0 atom stereocenters. The van der Waals surface area contributed by atoms with Crippen LogP contribution in [-0.2, 0) is 14.1 Å². The number of rotatable bonds is 1. The first kappa shape index (κ1) is 11.3. The van der Waals surface area contributed by atoms with E-state index in [-0.39, 0.29) is 5.56 Å². The Morgan fingerprint density at radius 2 is 1.76 bits per heavy atom. The van der Waals surface area contributed by atoms with Crippen LogP contribution in [0.15, 0.2) is 15.7 Å². The molecule has 0 saturated carbocycles. The third-order valence-electron chi connectivity index (χ3n) is 2.65. The van der Waals surface area contributed by atoms with Crippen molar-refractivity contribution >= 4 is 16.9 Å². The Morgan fingerprint density at radius 3 is 2.35 bits per heavy atom. The second-order valence-corrected chi connectivity index (χ2v) is 4.04. The van der Waals surface area contributed by atoms with E-state index in [1.54, 1.807) is 18.0 Å². The lowest BCUT2D eigenvalue weighted by atomic mass is 10.3. The summed E-state index contributed by atoms with van der Waals surface area (Å²) in [7, 11) is 6.62. The van der Waals surface area contributed by atoms with Crippen molar-refractivity contribution in [3.8, 4) is 0 Å². The van der Waals surface area contributed by atoms with Gasteiger partial charge in [-0.1, -0.05) is 0 Å². The SMILES string of the molecule is CN(C)c1cc2c(=O)n(C)c(=O)n(C)c2nn1. The smallest absolute Gasteiger partial charge is 0.332 e. The molecule has 0 spiro atoms. The lowest BCUT2D eigenvalue weighted by Crippen LogP contribution is -2.37. The van der Waals surface area contributed by atoms with E-state index >= 15 is 0 Å². The minimum absolute atomic E-state index is 0.295. The van der Waals surface area contributed by atoms with Gasteiger partial charge >= 0.3 is 5.69 Å². The summed E-state index contributed by atoms with van der Waals surface area (Å²) in [5, 5.41) is 8.25. The van der Waals surface area contributed by atoms with Gasteiger partial charge in [0.05, 0.1) is 5.39 Å². The average molecular weight is 235 g/mol. The van der Waals surface area contributed by atoms with Crippen LogP contribution in [0, 0.1) is 0 Å². The van der Waals surface area contributed by atoms with Gasteiger partial charge in [-0.25, -0.2) is 4.79 Å². The molecule has 2 heterocycles. The van der Waals surface area contributed by atoms with Crippen molar-refractivity contribution < 1.29 is 0 Å². The fourth-order valence-corrected chi connectivity index (χ4v) is 1.58. The van der Waals surface area contributed by atoms with Crippen LogP contribution in [0.25, 0.3) is 11.0 Å². The standard InChI is InChI=1S/C10H13N5O2/c1-13(2)7-5-6-8(12-11-7)14(3)10(17)15(4)9(6)16/h5H,1-4H3. The Bertz CT molecular complexity index is 698. The number of nitrogens with zero attached hydrogens (tertiary/aromatic N) is 5. The number of fused-ring (bicyclic) bond motifs is 1. The highest BCUT2D eigenvalue weighted by atomic mass is 16.2. The van der Waals surface area contributed by atoms with Crippen LogP contribution in [0.2, 0.25) is 0 Å². The molecule has 2 rings (SSSR count). The van der Waals surface area contributed by atoms with E-state index in [9.17, 15) is 9.59 Å². The Balaban J connectivity index is 2.97. The van der Waals surface area contributed by atoms with E-state index in [0.29, 0.717) is 16.9 Å². The number of hydrogen-bond donors (Lipinski definition) is 0. The molecule has 17 heavy (non-hydrogen) atoms. The number of aromatic nitrogens is 4. The molecule has 7 heteroatoms. The molecule has 0 amide bonds. The number of aryl methyl sites for hydroxylation is 1. The zero-order chi connectivity index (χ0) is 12.7. The van der Waals surface area contributed by atoms with Gasteiger partial charge in [0, 0.05) is 28.2 Å². The number of hydrogen-bond acceptors (Lipinski definition) is 5. The van der Waals surface area contributed by atoms with Crippen LogP contribution in [-0.4, -0.2) is 33.4 Å². The van der Waals surface area contributed by atoms with E-state index in [2.05, 4.69) is 10.2 Å². The molecule has 0 aliphatic carbocycles. The quantitative estimate of drug-likeness (QED) is 0.640. The zero-order valence-corrected chi connectivity index (χ0v) is 10.1. The predicted molar refractivity (Wildman–Crippen MR) is 64.3 cm³/mol. The molecule has 7 nitrogen and oxygen atoms in total. The second-order valence-electron chi connectivity index (χ2n) is 4.04. The van der Waals surface area contributed by atoms with Gasteiger partial charge < -0.3 is 4.90 Å². The highest BCUT2D eigenvalue weighted by molar-refractivity contribution is 5.76. The third-order valence-corrected chi connectivity index (χ3v) is 2.65. The Morgan fingerprint density at radius 1 is 1.12 bits per heavy atom. The lowest BCUT2D eigenvalue weighted by molar-refractivity contribution is 0.702. The molecule has 0 aliphatic heterocycles.